The number of aromatic nitrogens is 2. The van der Waals surface area contributed by atoms with Crippen LogP contribution in [0, 0.1) is 12.8 Å². The summed E-state index contributed by atoms with van der Waals surface area (Å²) < 4.78 is 5.61. The maximum Gasteiger partial charge on any atom is 0.225 e. The lowest BCUT2D eigenvalue weighted by molar-refractivity contribution is -0.108. The van der Waals surface area contributed by atoms with Gasteiger partial charge in [-0.05, 0) is 39.2 Å². The minimum absolute atomic E-state index is 0.128. The Kier molecular flexibility index (Phi) is 3.65. The Morgan fingerprint density at radius 1 is 1.50 bits per heavy atom. The van der Waals surface area contributed by atoms with Crippen LogP contribution in [0.2, 0.25) is 0 Å². The Bertz CT molecular complexity index is 478. The van der Waals surface area contributed by atoms with Crippen molar-refractivity contribution in [2.75, 3.05) is 24.7 Å². The van der Waals surface area contributed by atoms with Crippen LogP contribution in [0.3, 0.4) is 0 Å². The third kappa shape index (κ3) is 2.52. The van der Waals surface area contributed by atoms with Crippen molar-refractivity contribution in [1.82, 2.24) is 9.97 Å². The van der Waals surface area contributed by atoms with Crippen molar-refractivity contribution in [3.05, 3.63) is 18.0 Å². The number of anilines is 1. The molecule has 1 aromatic heterocycles. The molecule has 110 valence electrons. The molecule has 2 fully saturated rings. The quantitative estimate of drug-likeness (QED) is 0.888. The monoisotopic (exact) mass is 277 g/mol. The molecule has 3 atom stereocenters. The van der Waals surface area contributed by atoms with Crippen LogP contribution in [-0.2, 0) is 4.74 Å². The van der Waals surface area contributed by atoms with Crippen LogP contribution < -0.4 is 4.90 Å². The summed E-state index contributed by atoms with van der Waals surface area (Å²) in [6, 6.07) is 2.18. The van der Waals surface area contributed by atoms with Crippen LogP contribution >= 0.6 is 0 Å². The largest absolute Gasteiger partial charge is 0.390 e. The van der Waals surface area contributed by atoms with Gasteiger partial charge in [0.1, 0.15) is 0 Å². The van der Waals surface area contributed by atoms with Gasteiger partial charge in [-0.2, -0.15) is 0 Å². The van der Waals surface area contributed by atoms with Crippen LogP contribution in [0.15, 0.2) is 12.3 Å². The predicted octanol–water partition coefficient (Wildman–Crippen LogP) is 1.54. The average molecular weight is 277 g/mol. The lowest BCUT2D eigenvalue weighted by atomic mass is 9.79. The molecule has 5 nitrogen and oxygen atoms in total. The van der Waals surface area contributed by atoms with Crippen LogP contribution in [0.5, 0.6) is 0 Å². The predicted molar refractivity (Wildman–Crippen MR) is 76.7 cm³/mol. The molecule has 0 aromatic carbocycles. The topological polar surface area (TPSA) is 58.5 Å². The van der Waals surface area contributed by atoms with Crippen molar-refractivity contribution >= 4 is 5.95 Å². The molecule has 0 saturated carbocycles. The van der Waals surface area contributed by atoms with E-state index in [1.54, 1.807) is 0 Å². The second-order valence-electron chi connectivity index (χ2n) is 6.19. The number of hydrogen-bond donors (Lipinski definition) is 1. The lowest BCUT2D eigenvalue weighted by Gasteiger charge is -2.43. The second-order valence-corrected chi connectivity index (χ2v) is 6.19. The van der Waals surface area contributed by atoms with E-state index in [-0.39, 0.29) is 12.0 Å². The number of nitrogens with zero attached hydrogens (tertiary/aromatic N) is 3. The van der Waals surface area contributed by atoms with Crippen molar-refractivity contribution in [3.63, 3.8) is 0 Å². The highest BCUT2D eigenvalue weighted by molar-refractivity contribution is 5.34. The molecule has 2 saturated heterocycles. The van der Waals surface area contributed by atoms with Gasteiger partial charge in [-0.1, -0.05) is 0 Å². The smallest absolute Gasteiger partial charge is 0.225 e. The maximum absolute atomic E-state index is 10.7. The molecule has 0 radical (unpaired) electrons. The molecule has 0 aliphatic carbocycles. The van der Waals surface area contributed by atoms with Gasteiger partial charge >= 0.3 is 0 Å². The average Bonchev–Trinajstić information content (AvgIpc) is 2.87. The standard InChI is InChI=1S/C15H23N3O2/c1-11-5-7-16-14(17-11)18-8-3-4-13(18)12-10-20-9-6-15(12,2)19/h5,7,12-13,19H,3-4,6,8-10H2,1-2H3/t12-,13+,15-/m0/s1. The van der Waals surface area contributed by atoms with Crippen LogP contribution in [0.1, 0.15) is 31.9 Å². The number of ether oxygens (including phenoxy) is 1. The summed E-state index contributed by atoms with van der Waals surface area (Å²) in [4.78, 5) is 11.2. The van der Waals surface area contributed by atoms with Gasteiger partial charge in [0, 0.05) is 37.0 Å². The molecule has 1 aromatic rings. The minimum Gasteiger partial charge on any atom is -0.390 e. The third-order valence-corrected chi connectivity index (χ3v) is 4.65. The molecule has 0 spiro atoms. The second kappa shape index (κ2) is 5.30. The van der Waals surface area contributed by atoms with Crippen molar-refractivity contribution in [2.24, 2.45) is 5.92 Å². The van der Waals surface area contributed by atoms with E-state index < -0.39 is 5.60 Å². The highest BCUT2D eigenvalue weighted by Crippen LogP contribution is 2.37. The van der Waals surface area contributed by atoms with Gasteiger partial charge in [-0.15, -0.1) is 0 Å². The summed E-state index contributed by atoms with van der Waals surface area (Å²) in [6.45, 7) is 6.15. The van der Waals surface area contributed by atoms with Crippen molar-refractivity contribution in [2.45, 2.75) is 44.8 Å². The Balaban J connectivity index is 1.85. The first-order valence-corrected chi connectivity index (χ1v) is 7.44. The van der Waals surface area contributed by atoms with E-state index in [4.69, 9.17) is 4.74 Å². The fourth-order valence-corrected chi connectivity index (χ4v) is 3.41. The van der Waals surface area contributed by atoms with E-state index in [1.165, 1.54) is 0 Å². The van der Waals surface area contributed by atoms with Gasteiger partial charge < -0.3 is 14.7 Å². The third-order valence-electron chi connectivity index (χ3n) is 4.65. The molecular weight excluding hydrogens is 254 g/mol. The first kappa shape index (κ1) is 13.8. The van der Waals surface area contributed by atoms with Gasteiger partial charge in [0.25, 0.3) is 0 Å². The summed E-state index contributed by atoms with van der Waals surface area (Å²) >= 11 is 0. The maximum atomic E-state index is 10.7. The van der Waals surface area contributed by atoms with Crippen LogP contribution in [0.25, 0.3) is 0 Å². The van der Waals surface area contributed by atoms with Crippen LogP contribution in [0.4, 0.5) is 5.95 Å². The molecule has 2 aliphatic heterocycles. The highest BCUT2D eigenvalue weighted by atomic mass is 16.5. The molecule has 0 amide bonds. The van der Waals surface area contributed by atoms with Gasteiger partial charge in [-0.3, -0.25) is 0 Å². The first-order chi connectivity index (χ1) is 9.58. The van der Waals surface area contributed by atoms with E-state index in [0.717, 1.165) is 31.0 Å². The normalized spacial score (nSPS) is 34.5. The summed E-state index contributed by atoms with van der Waals surface area (Å²) in [5, 5.41) is 10.7. The summed E-state index contributed by atoms with van der Waals surface area (Å²) in [7, 11) is 0. The van der Waals surface area contributed by atoms with Gasteiger partial charge in [-0.25, -0.2) is 9.97 Å². The van der Waals surface area contributed by atoms with E-state index in [1.807, 2.05) is 26.1 Å². The minimum atomic E-state index is -0.657. The molecule has 5 heteroatoms. The van der Waals surface area contributed by atoms with Gasteiger partial charge in [0.2, 0.25) is 5.95 Å². The Morgan fingerprint density at radius 2 is 2.35 bits per heavy atom. The zero-order chi connectivity index (χ0) is 14.2. The van der Waals surface area contributed by atoms with E-state index in [9.17, 15) is 5.11 Å². The molecule has 1 N–H and O–H groups in total. The summed E-state index contributed by atoms with van der Waals surface area (Å²) in [5.41, 5.74) is 0.322. The zero-order valence-corrected chi connectivity index (χ0v) is 12.2. The molecule has 3 rings (SSSR count). The Hall–Kier alpha value is -1.20. The van der Waals surface area contributed by atoms with E-state index in [0.29, 0.717) is 19.6 Å². The van der Waals surface area contributed by atoms with Gasteiger partial charge in [0.05, 0.1) is 12.2 Å². The fourth-order valence-electron chi connectivity index (χ4n) is 3.41. The van der Waals surface area contributed by atoms with Crippen LogP contribution in [-0.4, -0.2) is 46.5 Å². The van der Waals surface area contributed by atoms with E-state index >= 15 is 0 Å². The van der Waals surface area contributed by atoms with Crippen molar-refractivity contribution < 1.29 is 9.84 Å². The SMILES string of the molecule is Cc1ccnc(N2CCC[C@@H]2[C@@H]2COCC[C@]2(C)O)n1. The van der Waals surface area contributed by atoms with E-state index in [2.05, 4.69) is 14.9 Å². The summed E-state index contributed by atoms with van der Waals surface area (Å²) in [5.74, 6) is 0.914. The molecule has 0 unspecified atom stereocenters. The van der Waals surface area contributed by atoms with Crippen molar-refractivity contribution in [1.29, 1.82) is 0 Å². The lowest BCUT2D eigenvalue weighted by Crippen LogP contribution is -2.52. The zero-order valence-electron chi connectivity index (χ0n) is 12.2. The summed E-state index contributed by atoms with van der Waals surface area (Å²) in [6.07, 6.45) is 4.70. The molecule has 0 bridgehead atoms. The number of aryl methyl sites for hydroxylation is 1. The number of hydrogen-bond acceptors (Lipinski definition) is 5. The highest BCUT2D eigenvalue weighted by Gasteiger charge is 2.44. The van der Waals surface area contributed by atoms with Crippen molar-refractivity contribution in [3.8, 4) is 0 Å². The Morgan fingerprint density at radius 3 is 3.10 bits per heavy atom. The molecule has 20 heavy (non-hydrogen) atoms. The molecule has 3 heterocycles. The Labute approximate surface area is 120 Å². The van der Waals surface area contributed by atoms with Gasteiger partial charge in [0.15, 0.2) is 0 Å². The molecular formula is C15H23N3O2. The fraction of sp³-hybridized carbons (Fsp3) is 0.733. The molecule has 2 aliphatic rings. The number of aliphatic hydroxyl groups is 1. The number of rotatable bonds is 2. The first-order valence-electron chi connectivity index (χ1n) is 7.44.